The Morgan fingerprint density at radius 2 is 1.79 bits per heavy atom. The normalized spacial score (nSPS) is 20.2. The third kappa shape index (κ3) is 6.06. The van der Waals surface area contributed by atoms with Crippen LogP contribution >= 0.6 is 0 Å². The van der Waals surface area contributed by atoms with Crippen molar-refractivity contribution in [2.24, 2.45) is 17.8 Å². The van der Waals surface area contributed by atoms with Gasteiger partial charge in [0.25, 0.3) is 0 Å². The van der Waals surface area contributed by atoms with Crippen molar-refractivity contribution in [3.05, 3.63) is 23.8 Å². The Balaban J connectivity index is 1.62. The highest BCUT2D eigenvalue weighted by Gasteiger charge is 2.47. The molecule has 0 bridgehead atoms. The van der Waals surface area contributed by atoms with Crippen LogP contribution in [0.25, 0.3) is 0 Å². The second-order valence-electron chi connectivity index (χ2n) is 9.58. The van der Waals surface area contributed by atoms with Crippen molar-refractivity contribution in [1.82, 2.24) is 9.80 Å². The summed E-state index contributed by atoms with van der Waals surface area (Å²) in [5.41, 5.74) is 0.949. The summed E-state index contributed by atoms with van der Waals surface area (Å²) in [4.78, 5) is 41.6. The van der Waals surface area contributed by atoms with Crippen molar-refractivity contribution in [3.63, 3.8) is 0 Å². The Kier molecular flexibility index (Phi) is 8.75. The Labute approximate surface area is 197 Å². The van der Waals surface area contributed by atoms with Gasteiger partial charge in [-0.3, -0.25) is 19.3 Å². The molecule has 1 saturated heterocycles. The number of methoxy groups -OCH3 is 1. The minimum absolute atomic E-state index is 0.0496. The number of ether oxygens (including phenoxy) is 2. The molecule has 0 spiro atoms. The van der Waals surface area contributed by atoms with E-state index in [-0.39, 0.29) is 42.5 Å². The van der Waals surface area contributed by atoms with E-state index in [1.54, 1.807) is 12.0 Å². The molecular formula is C26H38N2O5. The molecule has 2 atom stereocenters. The zero-order chi connectivity index (χ0) is 24.0. The molecule has 1 aliphatic carbocycles. The third-order valence-electron chi connectivity index (χ3n) is 6.50. The maximum Gasteiger partial charge on any atom is 0.233 e. The largest absolute Gasteiger partial charge is 0.493 e. The molecule has 3 amide bonds. The molecule has 1 aliphatic heterocycles. The van der Waals surface area contributed by atoms with E-state index < -0.39 is 0 Å². The first kappa shape index (κ1) is 25.1. The molecule has 2 aliphatic rings. The first-order chi connectivity index (χ1) is 15.8. The first-order valence-corrected chi connectivity index (χ1v) is 12.3. The van der Waals surface area contributed by atoms with Crippen molar-refractivity contribution < 1.29 is 23.9 Å². The minimum Gasteiger partial charge on any atom is -0.493 e. The maximum absolute atomic E-state index is 13.0. The van der Waals surface area contributed by atoms with Gasteiger partial charge in [-0.05, 0) is 42.9 Å². The van der Waals surface area contributed by atoms with Crippen LogP contribution in [0.4, 0.5) is 0 Å². The quantitative estimate of drug-likeness (QED) is 0.468. The summed E-state index contributed by atoms with van der Waals surface area (Å²) < 4.78 is 11.3. The predicted molar refractivity (Wildman–Crippen MR) is 126 cm³/mol. The monoisotopic (exact) mass is 458 g/mol. The van der Waals surface area contributed by atoms with Crippen LogP contribution in [0.2, 0.25) is 0 Å². The topological polar surface area (TPSA) is 76.2 Å². The average molecular weight is 459 g/mol. The Morgan fingerprint density at radius 3 is 2.36 bits per heavy atom. The number of amides is 3. The Hall–Kier alpha value is -2.57. The number of nitrogens with zero attached hydrogens (tertiary/aromatic N) is 2. The second kappa shape index (κ2) is 11.5. The van der Waals surface area contributed by atoms with E-state index in [1.807, 2.05) is 25.1 Å². The fraction of sp³-hybridized carbons (Fsp3) is 0.654. The molecule has 0 aromatic heterocycles. The molecule has 33 heavy (non-hydrogen) atoms. The standard InChI is InChI=1S/C26H38N2O5/c1-5-13-27(16-19-10-11-22(23(15-19)32-4)33-17-18(2)3)24(29)12-14-28-25(30)20-8-6-7-9-21(20)26(28)31/h10-11,15,18,20-21H,5-9,12-14,16-17H2,1-4H3/t20-,21-/m1/s1. The smallest absolute Gasteiger partial charge is 0.233 e. The highest BCUT2D eigenvalue weighted by molar-refractivity contribution is 6.05. The molecule has 1 heterocycles. The molecule has 0 unspecified atom stereocenters. The zero-order valence-corrected chi connectivity index (χ0v) is 20.5. The summed E-state index contributed by atoms with van der Waals surface area (Å²) in [6, 6.07) is 5.74. The molecule has 7 heteroatoms. The van der Waals surface area contributed by atoms with Gasteiger partial charge in [-0.2, -0.15) is 0 Å². The van der Waals surface area contributed by atoms with Gasteiger partial charge in [0.1, 0.15) is 0 Å². The number of likely N-dealkylation sites (tertiary alicyclic amines) is 1. The van der Waals surface area contributed by atoms with Crippen molar-refractivity contribution >= 4 is 17.7 Å². The lowest BCUT2D eigenvalue weighted by atomic mass is 9.81. The van der Waals surface area contributed by atoms with Gasteiger partial charge in [0.15, 0.2) is 11.5 Å². The van der Waals surface area contributed by atoms with Crippen LogP contribution in [0.1, 0.15) is 64.9 Å². The lowest BCUT2D eigenvalue weighted by Crippen LogP contribution is -2.37. The number of hydrogen-bond donors (Lipinski definition) is 0. The molecule has 0 N–H and O–H groups in total. The average Bonchev–Trinajstić information content (AvgIpc) is 3.05. The van der Waals surface area contributed by atoms with Gasteiger partial charge >= 0.3 is 0 Å². The lowest BCUT2D eigenvalue weighted by Gasteiger charge is -2.24. The number of carbonyl (C=O) groups is 3. The molecule has 1 aromatic rings. The van der Waals surface area contributed by atoms with Gasteiger partial charge in [-0.1, -0.05) is 39.7 Å². The molecule has 2 fully saturated rings. The number of hydrogen-bond acceptors (Lipinski definition) is 5. The molecule has 182 valence electrons. The lowest BCUT2D eigenvalue weighted by molar-refractivity contribution is -0.141. The van der Waals surface area contributed by atoms with Crippen molar-refractivity contribution in [3.8, 4) is 11.5 Å². The highest BCUT2D eigenvalue weighted by atomic mass is 16.5. The summed E-state index contributed by atoms with van der Waals surface area (Å²) in [7, 11) is 1.61. The van der Waals surface area contributed by atoms with E-state index in [1.165, 1.54) is 4.90 Å². The molecule has 3 rings (SSSR count). The van der Waals surface area contributed by atoms with E-state index in [4.69, 9.17) is 9.47 Å². The molecule has 7 nitrogen and oxygen atoms in total. The summed E-state index contributed by atoms with van der Waals surface area (Å²) in [5.74, 6) is 1.19. The van der Waals surface area contributed by atoms with E-state index in [2.05, 4.69) is 13.8 Å². The summed E-state index contributed by atoms with van der Waals surface area (Å²) in [5, 5.41) is 0. The Morgan fingerprint density at radius 1 is 1.12 bits per heavy atom. The third-order valence-corrected chi connectivity index (χ3v) is 6.50. The van der Waals surface area contributed by atoms with Crippen LogP contribution in [-0.4, -0.2) is 54.3 Å². The molecule has 1 saturated carbocycles. The molecular weight excluding hydrogens is 420 g/mol. The van der Waals surface area contributed by atoms with Gasteiger partial charge in [0.05, 0.1) is 25.6 Å². The van der Waals surface area contributed by atoms with Gasteiger partial charge in [0.2, 0.25) is 17.7 Å². The first-order valence-electron chi connectivity index (χ1n) is 12.3. The van der Waals surface area contributed by atoms with Crippen molar-refractivity contribution in [1.29, 1.82) is 0 Å². The van der Waals surface area contributed by atoms with E-state index >= 15 is 0 Å². The van der Waals surface area contributed by atoms with Gasteiger partial charge in [-0.25, -0.2) is 0 Å². The van der Waals surface area contributed by atoms with Crippen LogP contribution in [0.15, 0.2) is 18.2 Å². The van der Waals surface area contributed by atoms with Crippen molar-refractivity contribution in [2.45, 2.75) is 65.8 Å². The van der Waals surface area contributed by atoms with Gasteiger partial charge < -0.3 is 14.4 Å². The van der Waals surface area contributed by atoms with Crippen LogP contribution in [0.3, 0.4) is 0 Å². The van der Waals surface area contributed by atoms with Gasteiger partial charge in [-0.15, -0.1) is 0 Å². The summed E-state index contributed by atoms with van der Waals surface area (Å²) in [6.07, 6.45) is 4.57. The fourth-order valence-corrected chi connectivity index (χ4v) is 4.79. The van der Waals surface area contributed by atoms with E-state index in [0.29, 0.717) is 37.1 Å². The van der Waals surface area contributed by atoms with Crippen LogP contribution in [0, 0.1) is 17.8 Å². The SMILES string of the molecule is CCCN(Cc1ccc(OCC(C)C)c(OC)c1)C(=O)CCN1C(=O)[C@@H]2CCCC[C@H]2C1=O. The van der Waals surface area contributed by atoms with E-state index in [0.717, 1.165) is 37.7 Å². The van der Waals surface area contributed by atoms with Crippen LogP contribution < -0.4 is 9.47 Å². The van der Waals surface area contributed by atoms with Crippen molar-refractivity contribution in [2.75, 3.05) is 26.8 Å². The number of fused-ring (bicyclic) bond motifs is 1. The number of carbonyl (C=O) groups excluding carboxylic acids is 3. The zero-order valence-electron chi connectivity index (χ0n) is 20.5. The minimum atomic E-state index is -0.169. The van der Waals surface area contributed by atoms with E-state index in [9.17, 15) is 14.4 Å². The Bertz CT molecular complexity index is 829. The molecule has 0 radical (unpaired) electrons. The summed E-state index contributed by atoms with van der Waals surface area (Å²) in [6.45, 7) is 8.04. The number of benzene rings is 1. The molecule has 1 aromatic carbocycles. The second-order valence-corrected chi connectivity index (χ2v) is 9.58. The number of imide groups is 1. The van der Waals surface area contributed by atoms with Crippen LogP contribution in [0.5, 0.6) is 11.5 Å². The number of rotatable bonds is 11. The fourth-order valence-electron chi connectivity index (χ4n) is 4.79. The maximum atomic E-state index is 13.0. The van der Waals surface area contributed by atoms with Gasteiger partial charge in [0, 0.05) is 26.1 Å². The predicted octanol–water partition coefficient (Wildman–Crippen LogP) is 4.03. The highest BCUT2D eigenvalue weighted by Crippen LogP contribution is 2.38. The summed E-state index contributed by atoms with van der Waals surface area (Å²) >= 11 is 0. The van der Waals surface area contributed by atoms with Crippen LogP contribution in [-0.2, 0) is 20.9 Å².